The van der Waals surface area contributed by atoms with E-state index in [-0.39, 0.29) is 17.4 Å². The van der Waals surface area contributed by atoms with Crippen LogP contribution in [0.25, 0.3) is 0 Å². The third-order valence-electron chi connectivity index (χ3n) is 0.567. The predicted octanol–water partition coefficient (Wildman–Crippen LogP) is -0.523. The van der Waals surface area contributed by atoms with E-state index in [0.29, 0.717) is 0 Å². The molecule has 0 aliphatic rings. The molecule has 0 bridgehead atoms. The maximum atomic E-state index is 10.7. The normalized spacial score (nSPS) is 12.4. The molecule has 0 fully saturated rings. The molecule has 0 aliphatic carbocycles. The molecule has 0 radical (unpaired) electrons. The minimum Gasteiger partial charge on any atom is -0.852 e. The van der Waals surface area contributed by atoms with Crippen molar-refractivity contribution in [2.45, 2.75) is 31.0 Å². The maximum absolute atomic E-state index is 10.7. The van der Waals surface area contributed by atoms with Gasteiger partial charge in [0.25, 0.3) is 0 Å². The van der Waals surface area contributed by atoms with E-state index in [9.17, 15) is 31.4 Å². The summed E-state index contributed by atoms with van der Waals surface area (Å²) in [6.45, 7) is 3.22. The van der Waals surface area contributed by atoms with Crippen LogP contribution in [0.3, 0.4) is 0 Å². The Morgan fingerprint density at radius 3 is 0.810 bits per heavy atom. The van der Waals surface area contributed by atoms with Crippen molar-refractivity contribution < 1.29 is 57.4 Å². The van der Waals surface area contributed by atoms with Crippen molar-refractivity contribution >= 4 is 37.6 Å². The molecular weight excluding hydrogens is 377 g/mol. The smallest absolute Gasteiger partial charge is 0.852 e. The van der Waals surface area contributed by atoms with Crippen LogP contribution in [0, 0.1) is 0 Å². The molecule has 7 nitrogen and oxygen atoms in total. The van der Waals surface area contributed by atoms with Gasteiger partial charge in [0.1, 0.15) is 0 Å². The van der Waals surface area contributed by atoms with E-state index in [1.807, 2.05) is 0 Å². The summed E-state index contributed by atoms with van der Waals surface area (Å²) in [5.41, 5.74) is -11.3. The zero-order valence-corrected chi connectivity index (χ0v) is 12.9. The van der Waals surface area contributed by atoms with Gasteiger partial charge in [-0.2, -0.15) is 26.3 Å². The van der Waals surface area contributed by atoms with Crippen LogP contribution in [-0.2, 0) is 20.2 Å². The average molecular weight is 384 g/mol. The third kappa shape index (κ3) is 19.9. The molecule has 0 N–H and O–H groups in total. The molecule has 126 valence electrons. The van der Waals surface area contributed by atoms with E-state index in [1.165, 1.54) is 0 Å². The first-order chi connectivity index (χ1) is 8.23. The van der Waals surface area contributed by atoms with Crippen molar-refractivity contribution in [3.8, 4) is 0 Å². The molecule has 0 rings (SSSR count). The zero-order valence-electron chi connectivity index (χ0n) is 10.1. The summed E-state index contributed by atoms with van der Waals surface area (Å²) >= 11 is 0. The summed E-state index contributed by atoms with van der Waals surface area (Å²) in [7, 11) is -12.2. The van der Waals surface area contributed by atoms with Crippen LogP contribution in [0.2, 0.25) is 0 Å². The molecule has 0 saturated carbocycles. The minimum absolute atomic E-state index is 0. The van der Waals surface area contributed by atoms with Gasteiger partial charge in [0.15, 0.2) is 20.2 Å². The van der Waals surface area contributed by atoms with Gasteiger partial charge in [-0.1, -0.05) is 13.8 Å². The molecule has 21 heavy (non-hydrogen) atoms. The first-order valence-corrected chi connectivity index (χ1v) is 6.75. The topological polar surface area (TPSA) is 137 Å². The van der Waals surface area contributed by atoms with Gasteiger partial charge < -0.3 is 14.2 Å². The second-order valence-electron chi connectivity index (χ2n) is 2.85. The van der Waals surface area contributed by atoms with Gasteiger partial charge in [-0.25, -0.2) is 16.8 Å². The first kappa shape index (κ1) is 29.0. The van der Waals surface area contributed by atoms with Gasteiger partial charge in [-0.15, -0.1) is 6.10 Å². The van der Waals surface area contributed by atoms with Crippen LogP contribution in [0.1, 0.15) is 13.8 Å². The number of rotatable bonds is 0. The molecule has 0 aliphatic heterocycles. The van der Waals surface area contributed by atoms with Gasteiger partial charge in [-0.05, 0) is 0 Å². The fourth-order valence-electron chi connectivity index (χ4n) is 0. The monoisotopic (exact) mass is 384 g/mol. The van der Waals surface area contributed by atoms with E-state index >= 15 is 0 Å². The SMILES string of the molecule is CC(C)[O-].O=S(=O)([O-])C(F)(F)F.O=S(=O)([O-])C(F)(F)F.[Al+3]. The molecule has 0 spiro atoms. The Bertz CT molecular complexity index is 420. The summed E-state index contributed by atoms with van der Waals surface area (Å²) in [5.74, 6) is 0. The molecule has 0 amide bonds. The molecule has 16 heteroatoms. The molecular formula is C5H7AlF6O7S2. The Kier molecular flexibility index (Phi) is 13.5. The number of hydrogen-bond donors (Lipinski definition) is 0. The molecule has 0 saturated heterocycles. The van der Waals surface area contributed by atoms with Crippen LogP contribution in [0.4, 0.5) is 26.3 Å². The van der Waals surface area contributed by atoms with E-state index in [1.54, 1.807) is 13.8 Å². The predicted molar refractivity (Wildman–Crippen MR) is 52.4 cm³/mol. The van der Waals surface area contributed by atoms with Crippen LogP contribution in [-0.4, -0.2) is 60.4 Å². The van der Waals surface area contributed by atoms with Gasteiger partial charge in [0.05, 0.1) is 0 Å². The third-order valence-corrected chi connectivity index (χ3v) is 1.70. The second kappa shape index (κ2) is 9.82. The van der Waals surface area contributed by atoms with Crippen molar-refractivity contribution in [1.82, 2.24) is 0 Å². The largest absolute Gasteiger partial charge is 3.00 e. The van der Waals surface area contributed by atoms with Crippen molar-refractivity contribution in [3.05, 3.63) is 0 Å². The number of alkyl halides is 6. The van der Waals surface area contributed by atoms with Crippen LogP contribution >= 0.6 is 0 Å². The Labute approximate surface area is 126 Å². The zero-order chi connectivity index (χ0) is 17.6. The van der Waals surface area contributed by atoms with Crippen molar-refractivity contribution in [1.29, 1.82) is 0 Å². The Hall–Kier alpha value is -0.108. The molecule has 0 aromatic rings. The summed E-state index contributed by atoms with van der Waals surface area (Å²) in [5, 5.41) is 9.53. The quantitative estimate of drug-likeness (QED) is 0.237. The van der Waals surface area contributed by atoms with Crippen LogP contribution in [0.15, 0.2) is 0 Å². The van der Waals surface area contributed by atoms with Crippen LogP contribution in [0.5, 0.6) is 0 Å². The van der Waals surface area contributed by atoms with Crippen LogP contribution < -0.4 is 5.11 Å². The van der Waals surface area contributed by atoms with Crippen molar-refractivity contribution in [3.63, 3.8) is 0 Å². The van der Waals surface area contributed by atoms with Gasteiger partial charge in [0.2, 0.25) is 0 Å². The summed E-state index contributed by atoms with van der Waals surface area (Å²) < 4.78 is 118. The van der Waals surface area contributed by atoms with Gasteiger partial charge >= 0.3 is 28.4 Å². The molecule has 0 heterocycles. The molecule has 0 unspecified atom stereocenters. The molecule has 0 aromatic heterocycles. The first-order valence-electron chi connectivity index (χ1n) is 3.93. The summed E-state index contributed by atoms with van der Waals surface area (Å²) in [6, 6.07) is 0. The average Bonchev–Trinajstić information content (AvgIpc) is 1.94. The van der Waals surface area contributed by atoms with E-state index in [2.05, 4.69) is 0 Å². The van der Waals surface area contributed by atoms with Gasteiger partial charge in [-0.3, -0.25) is 0 Å². The number of hydrogen-bond acceptors (Lipinski definition) is 7. The minimum atomic E-state index is -6.09. The molecule has 0 atom stereocenters. The van der Waals surface area contributed by atoms with Crippen molar-refractivity contribution in [2.75, 3.05) is 0 Å². The fourth-order valence-corrected chi connectivity index (χ4v) is 0. The summed E-state index contributed by atoms with van der Waals surface area (Å²) in [4.78, 5) is 0. The van der Waals surface area contributed by atoms with E-state index in [0.717, 1.165) is 0 Å². The Balaban J connectivity index is -0.000000107. The van der Waals surface area contributed by atoms with Crippen molar-refractivity contribution in [2.24, 2.45) is 0 Å². The Morgan fingerprint density at radius 1 is 0.762 bits per heavy atom. The van der Waals surface area contributed by atoms with E-state index in [4.69, 9.17) is 25.9 Å². The fraction of sp³-hybridized carbons (Fsp3) is 1.00. The second-order valence-corrected chi connectivity index (χ2v) is 5.59. The summed E-state index contributed by atoms with van der Waals surface area (Å²) in [6.07, 6.45) is -0.417. The maximum Gasteiger partial charge on any atom is 3.00 e. The van der Waals surface area contributed by atoms with E-state index < -0.39 is 37.4 Å². The Morgan fingerprint density at radius 2 is 0.810 bits per heavy atom. The number of halogens is 6. The standard InChI is InChI=1S/C3H7O.2CHF3O3S.Al/c1-3(2)4;2*2-1(3,4)8(5,6)7;/h3H,1-2H3;2*(H,5,6,7);/q-1;;;+3/p-2. The van der Waals surface area contributed by atoms with Gasteiger partial charge in [0, 0.05) is 0 Å². The molecule has 0 aromatic carbocycles.